The van der Waals surface area contributed by atoms with Crippen molar-refractivity contribution in [1.82, 2.24) is 25.1 Å². The minimum atomic E-state index is 0.590. The minimum absolute atomic E-state index is 0.590. The average molecular weight is 247 g/mol. The van der Waals surface area contributed by atoms with Crippen LogP contribution >= 0.6 is 0 Å². The third kappa shape index (κ3) is 2.05. The molecule has 0 N–H and O–H groups in total. The first-order chi connectivity index (χ1) is 8.83. The van der Waals surface area contributed by atoms with E-state index in [1.807, 2.05) is 0 Å². The molecule has 3 saturated carbocycles. The summed E-state index contributed by atoms with van der Waals surface area (Å²) in [5.74, 6) is 2.01. The fourth-order valence-corrected chi connectivity index (χ4v) is 2.94. The second-order valence-corrected chi connectivity index (χ2v) is 6.25. The lowest BCUT2D eigenvalue weighted by molar-refractivity contribution is 0.163. The summed E-state index contributed by atoms with van der Waals surface area (Å²) >= 11 is 0. The van der Waals surface area contributed by atoms with Gasteiger partial charge in [0.1, 0.15) is 0 Å². The van der Waals surface area contributed by atoms with E-state index < -0.39 is 0 Å². The van der Waals surface area contributed by atoms with Gasteiger partial charge in [-0.2, -0.15) is 0 Å². The molecular formula is C13H21N5. The van der Waals surface area contributed by atoms with Crippen molar-refractivity contribution in [2.75, 3.05) is 0 Å². The van der Waals surface area contributed by atoms with Gasteiger partial charge >= 0.3 is 0 Å². The standard InChI is InChI=1S/C13H21N5/c1-9(10-2-3-10)17(11-4-5-11)8-13-14-15-16-18(13)12-6-7-12/h9-12H,2-8H2,1H3. The van der Waals surface area contributed by atoms with Crippen molar-refractivity contribution in [3.05, 3.63) is 5.82 Å². The van der Waals surface area contributed by atoms with Gasteiger partial charge in [-0.05, 0) is 61.8 Å². The Morgan fingerprint density at radius 3 is 2.61 bits per heavy atom. The molecule has 0 saturated heterocycles. The molecule has 4 rings (SSSR count). The van der Waals surface area contributed by atoms with Crippen molar-refractivity contribution in [2.24, 2.45) is 5.92 Å². The summed E-state index contributed by atoms with van der Waals surface area (Å²) in [4.78, 5) is 2.66. The van der Waals surface area contributed by atoms with Crippen LogP contribution in [-0.4, -0.2) is 37.2 Å². The summed E-state index contributed by atoms with van der Waals surface area (Å²) < 4.78 is 2.06. The Hall–Kier alpha value is -0.970. The molecule has 0 amide bonds. The lowest BCUT2D eigenvalue weighted by Crippen LogP contribution is -2.37. The Bertz CT molecular complexity index is 430. The molecule has 1 aromatic rings. The number of nitrogens with zero attached hydrogens (tertiary/aromatic N) is 5. The van der Waals surface area contributed by atoms with Crippen molar-refractivity contribution in [3.63, 3.8) is 0 Å². The number of hydrogen-bond acceptors (Lipinski definition) is 4. The maximum absolute atomic E-state index is 4.25. The van der Waals surface area contributed by atoms with Crippen molar-refractivity contribution in [2.45, 2.75) is 70.1 Å². The van der Waals surface area contributed by atoms with Crippen LogP contribution in [0.5, 0.6) is 0 Å². The maximum Gasteiger partial charge on any atom is 0.165 e. The summed E-state index contributed by atoms with van der Waals surface area (Å²) in [6.45, 7) is 3.34. The third-order valence-corrected chi connectivity index (χ3v) is 4.62. The van der Waals surface area contributed by atoms with Crippen LogP contribution in [0.1, 0.15) is 57.3 Å². The van der Waals surface area contributed by atoms with E-state index in [0.717, 1.165) is 24.3 Å². The van der Waals surface area contributed by atoms with Crippen LogP contribution in [0.3, 0.4) is 0 Å². The SMILES string of the molecule is CC(C1CC1)N(Cc1nnnn1C1CC1)C1CC1. The zero-order chi connectivity index (χ0) is 12.1. The number of hydrogen-bond donors (Lipinski definition) is 0. The first-order valence-electron chi connectivity index (χ1n) is 7.35. The summed E-state index contributed by atoms with van der Waals surface area (Å²) in [5, 5.41) is 12.3. The van der Waals surface area contributed by atoms with Gasteiger partial charge in [0.25, 0.3) is 0 Å². The number of aromatic nitrogens is 4. The topological polar surface area (TPSA) is 46.8 Å². The predicted molar refractivity (Wildman–Crippen MR) is 66.8 cm³/mol. The third-order valence-electron chi connectivity index (χ3n) is 4.62. The van der Waals surface area contributed by atoms with Crippen LogP contribution in [0.4, 0.5) is 0 Å². The molecule has 5 nitrogen and oxygen atoms in total. The van der Waals surface area contributed by atoms with E-state index in [-0.39, 0.29) is 0 Å². The molecule has 3 aliphatic rings. The van der Waals surface area contributed by atoms with Gasteiger partial charge in [0.15, 0.2) is 5.82 Å². The molecular weight excluding hydrogens is 226 g/mol. The molecule has 3 aliphatic carbocycles. The second-order valence-electron chi connectivity index (χ2n) is 6.25. The molecule has 1 heterocycles. The number of rotatable bonds is 6. The fourth-order valence-electron chi connectivity index (χ4n) is 2.94. The van der Waals surface area contributed by atoms with Crippen LogP contribution in [0.2, 0.25) is 0 Å². The van der Waals surface area contributed by atoms with Crippen molar-refractivity contribution < 1.29 is 0 Å². The molecule has 3 fully saturated rings. The molecule has 0 spiro atoms. The second kappa shape index (κ2) is 4.02. The fraction of sp³-hybridized carbons (Fsp3) is 0.923. The smallest absolute Gasteiger partial charge is 0.165 e. The van der Waals surface area contributed by atoms with Gasteiger partial charge in [-0.25, -0.2) is 4.68 Å². The van der Waals surface area contributed by atoms with E-state index in [1.165, 1.54) is 38.5 Å². The van der Waals surface area contributed by atoms with Gasteiger partial charge in [-0.15, -0.1) is 5.10 Å². The Morgan fingerprint density at radius 2 is 2.00 bits per heavy atom. The van der Waals surface area contributed by atoms with E-state index >= 15 is 0 Å². The molecule has 5 heteroatoms. The van der Waals surface area contributed by atoms with Crippen LogP contribution in [-0.2, 0) is 6.54 Å². The Balaban J connectivity index is 1.51. The van der Waals surface area contributed by atoms with Crippen LogP contribution < -0.4 is 0 Å². The zero-order valence-electron chi connectivity index (χ0n) is 11.0. The highest BCUT2D eigenvalue weighted by molar-refractivity contribution is 4.98. The normalized spacial score (nSPS) is 25.7. The lowest BCUT2D eigenvalue weighted by Gasteiger charge is -2.28. The van der Waals surface area contributed by atoms with E-state index in [2.05, 4.69) is 32.0 Å². The summed E-state index contributed by atoms with van der Waals surface area (Å²) in [6, 6.07) is 2.10. The first kappa shape index (κ1) is 10.9. The molecule has 1 aromatic heterocycles. The van der Waals surface area contributed by atoms with Crippen molar-refractivity contribution in [3.8, 4) is 0 Å². The highest BCUT2D eigenvalue weighted by Gasteiger charge is 2.40. The van der Waals surface area contributed by atoms with Gasteiger partial charge in [-0.1, -0.05) is 0 Å². The van der Waals surface area contributed by atoms with Crippen molar-refractivity contribution in [1.29, 1.82) is 0 Å². The van der Waals surface area contributed by atoms with Gasteiger partial charge < -0.3 is 0 Å². The van der Waals surface area contributed by atoms with E-state index in [1.54, 1.807) is 0 Å². The predicted octanol–water partition coefficient (Wildman–Crippen LogP) is 1.77. The largest absolute Gasteiger partial charge is 0.290 e. The van der Waals surface area contributed by atoms with Gasteiger partial charge in [0, 0.05) is 12.1 Å². The Kier molecular flexibility index (Phi) is 2.43. The van der Waals surface area contributed by atoms with Crippen LogP contribution in [0.15, 0.2) is 0 Å². The van der Waals surface area contributed by atoms with E-state index in [0.29, 0.717) is 12.1 Å². The van der Waals surface area contributed by atoms with E-state index in [4.69, 9.17) is 0 Å². The Labute approximate surface area is 108 Å². The van der Waals surface area contributed by atoms with Gasteiger partial charge in [-0.3, -0.25) is 4.90 Å². The molecule has 1 atom stereocenters. The number of tetrazole rings is 1. The minimum Gasteiger partial charge on any atom is -0.290 e. The Morgan fingerprint density at radius 1 is 1.22 bits per heavy atom. The maximum atomic E-state index is 4.25. The molecule has 1 unspecified atom stereocenters. The van der Waals surface area contributed by atoms with E-state index in [9.17, 15) is 0 Å². The molecule has 0 radical (unpaired) electrons. The summed E-state index contributed by atoms with van der Waals surface area (Å²) in [7, 11) is 0. The summed E-state index contributed by atoms with van der Waals surface area (Å²) in [5.41, 5.74) is 0. The highest BCUT2D eigenvalue weighted by atomic mass is 15.6. The van der Waals surface area contributed by atoms with Gasteiger partial charge in [0.2, 0.25) is 0 Å². The quantitative estimate of drug-likeness (QED) is 0.768. The summed E-state index contributed by atoms with van der Waals surface area (Å²) in [6.07, 6.45) is 8.05. The molecule has 0 bridgehead atoms. The zero-order valence-corrected chi connectivity index (χ0v) is 11.0. The highest BCUT2D eigenvalue weighted by Crippen LogP contribution is 2.41. The van der Waals surface area contributed by atoms with Gasteiger partial charge in [0.05, 0.1) is 12.6 Å². The van der Waals surface area contributed by atoms with Crippen molar-refractivity contribution >= 4 is 0 Å². The molecule has 0 aromatic carbocycles. The van der Waals surface area contributed by atoms with Crippen LogP contribution in [0, 0.1) is 5.92 Å². The molecule has 98 valence electrons. The first-order valence-corrected chi connectivity index (χ1v) is 7.35. The monoisotopic (exact) mass is 247 g/mol. The van der Waals surface area contributed by atoms with Crippen LogP contribution in [0.25, 0.3) is 0 Å². The average Bonchev–Trinajstić information content (AvgIpc) is 3.25. The molecule has 0 aliphatic heterocycles. The lowest BCUT2D eigenvalue weighted by atomic mass is 10.1. The molecule has 18 heavy (non-hydrogen) atoms.